The summed E-state index contributed by atoms with van der Waals surface area (Å²) in [4.78, 5) is 2.55. The van der Waals surface area contributed by atoms with Gasteiger partial charge in [0.05, 0.1) is 0 Å². The standard InChI is InChI=1S/C15H23BrN2/c1-10(2)9-18(13-5-6-13)15-7-4-12(16)8-14(15)11(3)17/h4,7-8,10-11,13H,5-6,9,17H2,1-3H3. The SMILES string of the molecule is CC(C)CN(c1ccc(Br)cc1C(C)N)C1CC1. The Kier molecular flexibility index (Phi) is 4.33. The molecule has 3 heteroatoms. The molecule has 0 saturated heterocycles. The van der Waals surface area contributed by atoms with Crippen LogP contribution in [0.5, 0.6) is 0 Å². The van der Waals surface area contributed by atoms with E-state index in [1.165, 1.54) is 24.1 Å². The summed E-state index contributed by atoms with van der Waals surface area (Å²) >= 11 is 3.54. The number of anilines is 1. The van der Waals surface area contributed by atoms with Crippen LogP contribution in [0.4, 0.5) is 5.69 Å². The number of rotatable bonds is 5. The molecule has 1 saturated carbocycles. The maximum absolute atomic E-state index is 6.13. The van der Waals surface area contributed by atoms with Crippen LogP contribution < -0.4 is 10.6 Å². The average molecular weight is 311 g/mol. The van der Waals surface area contributed by atoms with Gasteiger partial charge < -0.3 is 10.6 Å². The molecule has 2 nitrogen and oxygen atoms in total. The van der Waals surface area contributed by atoms with E-state index in [0.717, 1.165) is 17.1 Å². The molecule has 2 rings (SSSR count). The lowest BCUT2D eigenvalue weighted by molar-refractivity contribution is 0.603. The lowest BCUT2D eigenvalue weighted by atomic mass is 10.0. The Labute approximate surface area is 119 Å². The summed E-state index contributed by atoms with van der Waals surface area (Å²) in [6, 6.07) is 7.30. The first-order valence-corrected chi connectivity index (χ1v) is 7.60. The van der Waals surface area contributed by atoms with Crippen LogP contribution in [0.1, 0.15) is 45.2 Å². The normalized spacial score (nSPS) is 17.0. The Morgan fingerprint density at radius 1 is 1.33 bits per heavy atom. The zero-order valence-electron chi connectivity index (χ0n) is 11.5. The molecule has 1 unspecified atom stereocenters. The van der Waals surface area contributed by atoms with Crippen molar-refractivity contribution in [2.75, 3.05) is 11.4 Å². The number of nitrogens with two attached hydrogens (primary N) is 1. The molecule has 2 N–H and O–H groups in total. The van der Waals surface area contributed by atoms with Crippen LogP contribution in [0.3, 0.4) is 0 Å². The van der Waals surface area contributed by atoms with Crippen molar-refractivity contribution in [1.29, 1.82) is 0 Å². The van der Waals surface area contributed by atoms with Crippen molar-refractivity contribution in [2.24, 2.45) is 11.7 Å². The van der Waals surface area contributed by atoms with Gasteiger partial charge in [-0.2, -0.15) is 0 Å². The molecule has 0 heterocycles. The molecule has 1 atom stereocenters. The van der Waals surface area contributed by atoms with E-state index in [4.69, 9.17) is 5.73 Å². The van der Waals surface area contributed by atoms with Gasteiger partial charge in [0.1, 0.15) is 0 Å². The summed E-state index contributed by atoms with van der Waals surface area (Å²) in [5.74, 6) is 0.676. The number of benzene rings is 1. The Morgan fingerprint density at radius 3 is 2.50 bits per heavy atom. The average Bonchev–Trinajstić information content (AvgIpc) is 3.09. The molecule has 100 valence electrons. The van der Waals surface area contributed by atoms with Crippen LogP contribution in [0.25, 0.3) is 0 Å². The van der Waals surface area contributed by atoms with Gasteiger partial charge in [0.2, 0.25) is 0 Å². The second kappa shape index (κ2) is 5.62. The molecule has 0 spiro atoms. The molecule has 0 aromatic heterocycles. The molecule has 1 fully saturated rings. The minimum atomic E-state index is 0.0749. The van der Waals surface area contributed by atoms with Gasteiger partial charge in [-0.25, -0.2) is 0 Å². The van der Waals surface area contributed by atoms with Crippen LogP contribution in [0.15, 0.2) is 22.7 Å². The highest BCUT2D eigenvalue weighted by molar-refractivity contribution is 9.10. The van der Waals surface area contributed by atoms with Crippen molar-refractivity contribution < 1.29 is 0 Å². The Bertz CT molecular complexity index is 411. The largest absolute Gasteiger partial charge is 0.368 e. The number of nitrogens with zero attached hydrogens (tertiary/aromatic N) is 1. The molecular weight excluding hydrogens is 288 g/mol. The van der Waals surface area contributed by atoms with E-state index < -0.39 is 0 Å². The van der Waals surface area contributed by atoms with E-state index in [1.54, 1.807) is 0 Å². The van der Waals surface area contributed by atoms with Gasteiger partial charge in [-0.1, -0.05) is 29.8 Å². The number of hydrogen-bond donors (Lipinski definition) is 1. The quantitative estimate of drug-likeness (QED) is 0.887. The molecule has 18 heavy (non-hydrogen) atoms. The van der Waals surface area contributed by atoms with Gasteiger partial charge in [-0.15, -0.1) is 0 Å². The number of halogens is 1. The third-order valence-corrected chi connectivity index (χ3v) is 3.83. The smallest absolute Gasteiger partial charge is 0.0417 e. The third-order valence-electron chi connectivity index (χ3n) is 3.34. The molecule has 1 aromatic rings. The summed E-state index contributed by atoms with van der Waals surface area (Å²) in [5, 5.41) is 0. The summed E-state index contributed by atoms with van der Waals surface area (Å²) in [5.41, 5.74) is 8.70. The van der Waals surface area contributed by atoms with E-state index in [-0.39, 0.29) is 6.04 Å². The van der Waals surface area contributed by atoms with Crippen molar-refractivity contribution in [3.63, 3.8) is 0 Å². The first-order chi connectivity index (χ1) is 8.49. The summed E-state index contributed by atoms with van der Waals surface area (Å²) in [6.07, 6.45) is 2.64. The van der Waals surface area contributed by atoms with Gasteiger partial charge in [-0.3, -0.25) is 0 Å². The first-order valence-electron chi connectivity index (χ1n) is 6.80. The van der Waals surface area contributed by atoms with Crippen molar-refractivity contribution in [3.8, 4) is 0 Å². The lowest BCUT2D eigenvalue weighted by Crippen LogP contribution is -2.31. The van der Waals surface area contributed by atoms with Crippen LogP contribution in [0, 0.1) is 5.92 Å². The second-order valence-corrected chi connectivity index (χ2v) is 6.68. The molecular formula is C15H23BrN2. The van der Waals surface area contributed by atoms with E-state index in [1.807, 2.05) is 0 Å². The fourth-order valence-corrected chi connectivity index (χ4v) is 2.75. The maximum atomic E-state index is 6.13. The van der Waals surface area contributed by atoms with Crippen molar-refractivity contribution in [1.82, 2.24) is 0 Å². The summed E-state index contributed by atoms with van der Waals surface area (Å²) < 4.78 is 1.11. The molecule has 0 bridgehead atoms. The Hall–Kier alpha value is -0.540. The molecule has 0 radical (unpaired) electrons. The van der Waals surface area contributed by atoms with Crippen molar-refractivity contribution >= 4 is 21.6 Å². The van der Waals surface area contributed by atoms with Crippen LogP contribution in [-0.4, -0.2) is 12.6 Å². The maximum Gasteiger partial charge on any atom is 0.0417 e. The third kappa shape index (κ3) is 3.27. The Balaban J connectivity index is 2.34. The van der Waals surface area contributed by atoms with Gasteiger partial charge in [0.25, 0.3) is 0 Å². The van der Waals surface area contributed by atoms with E-state index in [9.17, 15) is 0 Å². The van der Waals surface area contributed by atoms with Crippen LogP contribution in [0.2, 0.25) is 0 Å². The second-order valence-electron chi connectivity index (χ2n) is 5.77. The molecule has 1 aliphatic carbocycles. The highest BCUT2D eigenvalue weighted by Gasteiger charge is 2.31. The zero-order chi connectivity index (χ0) is 13.3. The fraction of sp³-hybridized carbons (Fsp3) is 0.600. The van der Waals surface area contributed by atoms with Gasteiger partial charge in [0, 0.05) is 28.8 Å². The minimum Gasteiger partial charge on any atom is -0.368 e. The monoisotopic (exact) mass is 310 g/mol. The Morgan fingerprint density at radius 2 is 2.00 bits per heavy atom. The first kappa shape index (κ1) is 13.9. The van der Waals surface area contributed by atoms with E-state index >= 15 is 0 Å². The predicted octanol–water partition coefficient (Wildman–Crippen LogP) is 4.09. The number of hydrogen-bond acceptors (Lipinski definition) is 2. The summed E-state index contributed by atoms with van der Waals surface area (Å²) in [7, 11) is 0. The lowest BCUT2D eigenvalue weighted by Gasteiger charge is -2.30. The van der Waals surface area contributed by atoms with Crippen molar-refractivity contribution in [2.45, 2.75) is 45.7 Å². The predicted molar refractivity (Wildman–Crippen MR) is 82.0 cm³/mol. The molecule has 1 aliphatic rings. The van der Waals surface area contributed by atoms with Crippen molar-refractivity contribution in [3.05, 3.63) is 28.2 Å². The van der Waals surface area contributed by atoms with Gasteiger partial charge in [-0.05, 0) is 49.4 Å². The van der Waals surface area contributed by atoms with E-state index in [0.29, 0.717) is 5.92 Å². The minimum absolute atomic E-state index is 0.0749. The topological polar surface area (TPSA) is 29.3 Å². The van der Waals surface area contributed by atoms with Crippen LogP contribution in [-0.2, 0) is 0 Å². The zero-order valence-corrected chi connectivity index (χ0v) is 13.1. The highest BCUT2D eigenvalue weighted by Crippen LogP contribution is 2.36. The van der Waals surface area contributed by atoms with Gasteiger partial charge >= 0.3 is 0 Å². The van der Waals surface area contributed by atoms with Gasteiger partial charge in [0.15, 0.2) is 0 Å². The molecule has 0 amide bonds. The molecule has 0 aliphatic heterocycles. The molecule has 1 aromatic carbocycles. The summed E-state index contributed by atoms with van der Waals surface area (Å²) in [6.45, 7) is 7.73. The fourth-order valence-electron chi connectivity index (χ4n) is 2.38. The van der Waals surface area contributed by atoms with Crippen LogP contribution >= 0.6 is 15.9 Å². The highest BCUT2D eigenvalue weighted by atomic mass is 79.9. The van der Waals surface area contributed by atoms with E-state index in [2.05, 4.69) is 59.8 Å².